The summed E-state index contributed by atoms with van der Waals surface area (Å²) in [6.07, 6.45) is 0. The van der Waals surface area contributed by atoms with Crippen molar-refractivity contribution in [2.75, 3.05) is 24.8 Å². The Bertz CT molecular complexity index is 774. The van der Waals surface area contributed by atoms with E-state index >= 15 is 0 Å². The summed E-state index contributed by atoms with van der Waals surface area (Å²) in [5.41, 5.74) is 2.86. The van der Waals surface area contributed by atoms with Crippen LogP contribution in [-0.4, -0.2) is 31.0 Å². The van der Waals surface area contributed by atoms with Crippen LogP contribution < -0.4 is 15.4 Å². The summed E-state index contributed by atoms with van der Waals surface area (Å²) in [7, 11) is 3.25. The molecule has 1 aliphatic rings. The molecule has 0 fully saturated rings. The van der Waals surface area contributed by atoms with E-state index in [0.29, 0.717) is 23.5 Å². The Morgan fingerprint density at radius 3 is 2.64 bits per heavy atom. The van der Waals surface area contributed by atoms with Gasteiger partial charge in [0, 0.05) is 25.0 Å². The Hall–Kier alpha value is -3.02. The lowest BCUT2D eigenvalue weighted by atomic mass is 10.1. The van der Waals surface area contributed by atoms with Crippen molar-refractivity contribution in [3.63, 3.8) is 0 Å². The topological polar surface area (TPSA) is 70.7 Å². The number of fused-ring (bicyclic) bond motifs is 1. The first-order chi connectivity index (χ1) is 12.1. The third kappa shape index (κ3) is 4.09. The molecule has 0 radical (unpaired) electrons. The van der Waals surface area contributed by atoms with E-state index in [2.05, 4.69) is 10.6 Å². The highest BCUT2D eigenvalue weighted by atomic mass is 16.5. The summed E-state index contributed by atoms with van der Waals surface area (Å²) >= 11 is 0. The zero-order valence-electron chi connectivity index (χ0n) is 14.9. The standard InChI is InChI=1S/C17H17N3O3.C2H6/c1-20-10-11-9-12(7-8-14(11)19-17(20)22)18-16(21)13-5-3-4-6-15(13)23-2;1-2/h3-9H,10H2,1-2H3,(H,18,21)(H,19,22);1-2H3. The van der Waals surface area contributed by atoms with Gasteiger partial charge in [-0.1, -0.05) is 26.0 Å². The molecule has 0 bridgehead atoms. The van der Waals surface area contributed by atoms with Crippen LogP contribution in [0.1, 0.15) is 29.8 Å². The molecule has 0 saturated heterocycles. The normalized spacial score (nSPS) is 12.3. The number of nitrogens with zero attached hydrogens (tertiary/aromatic N) is 1. The van der Waals surface area contributed by atoms with Crippen LogP contribution in [-0.2, 0) is 6.54 Å². The predicted molar refractivity (Wildman–Crippen MR) is 99.2 cm³/mol. The van der Waals surface area contributed by atoms with Crippen LogP contribution in [0.15, 0.2) is 42.5 Å². The number of hydrogen-bond acceptors (Lipinski definition) is 3. The van der Waals surface area contributed by atoms with Crippen molar-refractivity contribution in [2.24, 2.45) is 0 Å². The maximum absolute atomic E-state index is 12.4. The van der Waals surface area contributed by atoms with Crippen molar-refractivity contribution in [1.82, 2.24) is 4.90 Å². The van der Waals surface area contributed by atoms with Crippen LogP contribution in [0.3, 0.4) is 0 Å². The molecule has 0 unspecified atom stereocenters. The molecule has 6 nitrogen and oxygen atoms in total. The fraction of sp³-hybridized carbons (Fsp3) is 0.263. The van der Waals surface area contributed by atoms with E-state index in [9.17, 15) is 9.59 Å². The zero-order valence-corrected chi connectivity index (χ0v) is 14.9. The zero-order chi connectivity index (χ0) is 18.4. The van der Waals surface area contributed by atoms with Crippen molar-refractivity contribution < 1.29 is 14.3 Å². The lowest BCUT2D eigenvalue weighted by Crippen LogP contribution is -2.35. The minimum atomic E-state index is -0.240. The largest absolute Gasteiger partial charge is 0.496 e. The molecule has 0 spiro atoms. The van der Waals surface area contributed by atoms with Gasteiger partial charge in [0.15, 0.2) is 0 Å². The number of hydrogen-bond donors (Lipinski definition) is 2. The number of benzene rings is 2. The molecule has 2 aromatic carbocycles. The molecule has 2 N–H and O–H groups in total. The van der Waals surface area contributed by atoms with Crippen LogP contribution in [0.4, 0.5) is 16.2 Å². The molecule has 2 aromatic rings. The van der Waals surface area contributed by atoms with E-state index in [0.717, 1.165) is 11.3 Å². The number of anilines is 2. The Balaban J connectivity index is 0.00000109. The number of urea groups is 1. The van der Waals surface area contributed by atoms with E-state index < -0.39 is 0 Å². The summed E-state index contributed by atoms with van der Waals surface area (Å²) in [4.78, 5) is 25.6. The molecule has 1 heterocycles. The minimum Gasteiger partial charge on any atom is -0.496 e. The number of carbonyl (C=O) groups excluding carboxylic acids is 2. The average Bonchev–Trinajstić information content (AvgIpc) is 2.64. The highest BCUT2D eigenvalue weighted by Gasteiger charge is 2.20. The molecule has 0 atom stereocenters. The highest BCUT2D eigenvalue weighted by Crippen LogP contribution is 2.26. The van der Waals surface area contributed by atoms with Gasteiger partial charge in [0.25, 0.3) is 5.91 Å². The maximum atomic E-state index is 12.4. The number of amides is 3. The number of rotatable bonds is 3. The Labute approximate surface area is 147 Å². The van der Waals surface area contributed by atoms with Gasteiger partial charge < -0.3 is 20.3 Å². The molecule has 1 aliphatic heterocycles. The smallest absolute Gasteiger partial charge is 0.321 e. The van der Waals surface area contributed by atoms with Gasteiger partial charge in [0.05, 0.1) is 12.7 Å². The summed E-state index contributed by atoms with van der Waals surface area (Å²) in [5, 5.41) is 5.65. The molecule has 0 aliphatic carbocycles. The van der Waals surface area contributed by atoms with Crippen molar-refractivity contribution in [3.8, 4) is 5.75 Å². The molecule has 0 aromatic heterocycles. The van der Waals surface area contributed by atoms with E-state index in [-0.39, 0.29) is 11.9 Å². The summed E-state index contributed by atoms with van der Waals surface area (Å²) in [6, 6.07) is 12.3. The van der Waals surface area contributed by atoms with Gasteiger partial charge in [-0.15, -0.1) is 0 Å². The summed E-state index contributed by atoms with van der Waals surface area (Å²) in [5.74, 6) is 0.283. The third-order valence-electron chi connectivity index (χ3n) is 3.71. The second kappa shape index (κ2) is 8.19. The van der Waals surface area contributed by atoms with E-state index in [1.807, 2.05) is 26.0 Å². The van der Waals surface area contributed by atoms with Crippen molar-refractivity contribution in [1.29, 1.82) is 0 Å². The van der Waals surface area contributed by atoms with E-state index in [1.165, 1.54) is 7.11 Å². The Morgan fingerprint density at radius 1 is 1.20 bits per heavy atom. The number of nitrogens with one attached hydrogen (secondary N) is 2. The fourth-order valence-corrected chi connectivity index (χ4v) is 2.49. The lowest BCUT2D eigenvalue weighted by molar-refractivity contribution is 0.102. The number of ether oxygens (including phenoxy) is 1. The molecule has 25 heavy (non-hydrogen) atoms. The van der Waals surface area contributed by atoms with Gasteiger partial charge >= 0.3 is 6.03 Å². The number of carbonyl (C=O) groups is 2. The summed E-state index contributed by atoms with van der Waals surface area (Å²) < 4.78 is 5.21. The van der Waals surface area contributed by atoms with Gasteiger partial charge in [0.2, 0.25) is 0 Å². The molecule has 3 rings (SSSR count). The fourth-order valence-electron chi connectivity index (χ4n) is 2.49. The first kappa shape index (κ1) is 18.3. The van der Waals surface area contributed by atoms with Crippen molar-refractivity contribution >= 4 is 23.3 Å². The Morgan fingerprint density at radius 2 is 1.92 bits per heavy atom. The molecular formula is C19H23N3O3. The molecule has 0 saturated carbocycles. The van der Waals surface area contributed by atoms with Gasteiger partial charge in [0.1, 0.15) is 5.75 Å². The van der Waals surface area contributed by atoms with Crippen molar-refractivity contribution in [2.45, 2.75) is 20.4 Å². The number of methoxy groups -OCH3 is 1. The molecular weight excluding hydrogens is 318 g/mol. The third-order valence-corrected chi connectivity index (χ3v) is 3.71. The summed E-state index contributed by atoms with van der Waals surface area (Å²) in [6.45, 7) is 4.50. The molecule has 3 amide bonds. The van der Waals surface area contributed by atoms with Gasteiger partial charge in [-0.25, -0.2) is 4.79 Å². The van der Waals surface area contributed by atoms with E-state index in [1.54, 1.807) is 42.3 Å². The van der Waals surface area contributed by atoms with Crippen LogP contribution in [0.25, 0.3) is 0 Å². The molecule has 132 valence electrons. The minimum absolute atomic E-state index is 0.136. The van der Waals surface area contributed by atoms with Gasteiger partial charge in [-0.3, -0.25) is 4.79 Å². The van der Waals surface area contributed by atoms with Crippen molar-refractivity contribution in [3.05, 3.63) is 53.6 Å². The maximum Gasteiger partial charge on any atom is 0.321 e. The van der Waals surface area contributed by atoms with Gasteiger partial charge in [-0.05, 0) is 35.9 Å². The monoisotopic (exact) mass is 341 g/mol. The SMILES string of the molecule is CC.COc1ccccc1C(=O)Nc1ccc2c(c1)CN(C)C(=O)N2. The quantitative estimate of drug-likeness (QED) is 0.888. The van der Waals surface area contributed by atoms with Crippen LogP contribution in [0, 0.1) is 0 Å². The predicted octanol–water partition coefficient (Wildman–Crippen LogP) is 3.95. The highest BCUT2D eigenvalue weighted by molar-refractivity contribution is 6.06. The van der Waals surface area contributed by atoms with Crippen LogP contribution in [0.2, 0.25) is 0 Å². The first-order valence-corrected chi connectivity index (χ1v) is 8.18. The second-order valence-corrected chi connectivity index (χ2v) is 5.31. The number of para-hydroxylation sites is 1. The molecule has 6 heteroatoms. The van der Waals surface area contributed by atoms with Crippen LogP contribution >= 0.6 is 0 Å². The lowest BCUT2D eigenvalue weighted by Gasteiger charge is -2.26. The average molecular weight is 341 g/mol. The Kier molecular flexibility index (Phi) is 6.00. The van der Waals surface area contributed by atoms with Crippen LogP contribution in [0.5, 0.6) is 5.75 Å². The van der Waals surface area contributed by atoms with Gasteiger partial charge in [-0.2, -0.15) is 0 Å². The second-order valence-electron chi connectivity index (χ2n) is 5.31. The first-order valence-electron chi connectivity index (χ1n) is 8.18. The van der Waals surface area contributed by atoms with E-state index in [4.69, 9.17) is 4.74 Å².